The highest BCUT2D eigenvalue weighted by Crippen LogP contribution is 2.05. The lowest BCUT2D eigenvalue weighted by Gasteiger charge is -2.16. The molecule has 1 heterocycles. The highest BCUT2D eigenvalue weighted by Gasteiger charge is 2.04. The third kappa shape index (κ3) is 4.68. The van der Waals surface area contributed by atoms with Gasteiger partial charge in [0, 0.05) is 33.0 Å². The average molecular weight is 252 g/mol. The molecule has 1 aromatic rings. The molecule has 0 aliphatic carbocycles. The first-order valence-electron chi connectivity index (χ1n) is 5.77. The second kappa shape index (κ2) is 7.62. The monoisotopic (exact) mass is 252 g/mol. The largest absolute Gasteiger partial charge is 0.409 e. The summed E-state index contributed by atoms with van der Waals surface area (Å²) < 4.78 is 5.01. The van der Waals surface area contributed by atoms with Crippen molar-refractivity contribution < 1.29 is 9.94 Å². The van der Waals surface area contributed by atoms with Crippen LogP contribution >= 0.6 is 0 Å². The maximum absolute atomic E-state index is 8.60. The van der Waals surface area contributed by atoms with Crippen LogP contribution in [0.2, 0.25) is 0 Å². The van der Waals surface area contributed by atoms with E-state index in [2.05, 4.69) is 15.0 Å². The van der Waals surface area contributed by atoms with E-state index >= 15 is 0 Å². The molecule has 0 aliphatic rings. The van der Waals surface area contributed by atoms with Gasteiger partial charge >= 0.3 is 0 Å². The molecule has 0 bridgehead atoms. The molecule has 100 valence electrons. The maximum atomic E-state index is 8.60. The van der Waals surface area contributed by atoms with E-state index in [1.54, 1.807) is 13.3 Å². The Labute approximate surface area is 107 Å². The molecule has 0 atom stereocenters. The summed E-state index contributed by atoms with van der Waals surface area (Å²) >= 11 is 0. The van der Waals surface area contributed by atoms with Gasteiger partial charge in [-0.2, -0.15) is 0 Å². The fraction of sp³-hybridized carbons (Fsp3) is 0.500. The highest BCUT2D eigenvalue weighted by atomic mass is 16.5. The normalized spacial score (nSPS) is 12.1. The molecule has 0 aromatic carbocycles. The van der Waals surface area contributed by atoms with Crippen molar-refractivity contribution in [2.45, 2.75) is 13.0 Å². The van der Waals surface area contributed by atoms with Crippen molar-refractivity contribution in [1.82, 2.24) is 9.88 Å². The summed E-state index contributed by atoms with van der Waals surface area (Å²) in [5.74, 6) is 0.0267. The summed E-state index contributed by atoms with van der Waals surface area (Å²) in [7, 11) is 3.74. The Morgan fingerprint density at radius 1 is 1.61 bits per heavy atom. The molecule has 0 aliphatic heterocycles. The van der Waals surface area contributed by atoms with Crippen LogP contribution in [0.25, 0.3) is 0 Å². The topological polar surface area (TPSA) is 84.0 Å². The van der Waals surface area contributed by atoms with Crippen LogP contribution in [0, 0.1) is 0 Å². The molecule has 1 rings (SSSR count). The van der Waals surface area contributed by atoms with E-state index in [9.17, 15) is 0 Å². The zero-order chi connectivity index (χ0) is 13.4. The fourth-order valence-electron chi connectivity index (χ4n) is 1.63. The van der Waals surface area contributed by atoms with Crippen LogP contribution < -0.4 is 5.73 Å². The number of amidine groups is 1. The fourth-order valence-corrected chi connectivity index (χ4v) is 1.63. The van der Waals surface area contributed by atoms with Gasteiger partial charge in [0.25, 0.3) is 0 Å². The Kier molecular flexibility index (Phi) is 6.10. The molecule has 0 spiro atoms. The number of hydrogen-bond donors (Lipinski definition) is 2. The first-order valence-corrected chi connectivity index (χ1v) is 5.77. The SMILES string of the molecule is COCCCN(C)Cc1ccnc(C(N)=NO)c1. The summed E-state index contributed by atoms with van der Waals surface area (Å²) in [4.78, 5) is 6.22. The minimum Gasteiger partial charge on any atom is -0.409 e. The van der Waals surface area contributed by atoms with Gasteiger partial charge in [0.2, 0.25) is 0 Å². The third-order valence-electron chi connectivity index (χ3n) is 2.54. The second-order valence-electron chi connectivity index (χ2n) is 4.12. The Balaban J connectivity index is 2.56. The number of nitrogens with zero attached hydrogens (tertiary/aromatic N) is 3. The summed E-state index contributed by atoms with van der Waals surface area (Å²) in [5, 5.41) is 11.5. The zero-order valence-electron chi connectivity index (χ0n) is 10.8. The Morgan fingerprint density at radius 3 is 3.06 bits per heavy atom. The molecule has 0 radical (unpaired) electrons. The Bertz CT molecular complexity index is 395. The molecule has 0 saturated heterocycles. The second-order valence-corrected chi connectivity index (χ2v) is 4.12. The molecule has 3 N–H and O–H groups in total. The van der Waals surface area contributed by atoms with Gasteiger partial charge in [0.15, 0.2) is 5.84 Å². The van der Waals surface area contributed by atoms with Crippen LogP contribution in [0.3, 0.4) is 0 Å². The van der Waals surface area contributed by atoms with Gasteiger partial charge in [0.05, 0.1) is 0 Å². The van der Waals surface area contributed by atoms with Crippen molar-refractivity contribution in [2.24, 2.45) is 10.9 Å². The molecule has 6 nitrogen and oxygen atoms in total. The smallest absolute Gasteiger partial charge is 0.188 e. The Morgan fingerprint density at radius 2 is 2.39 bits per heavy atom. The van der Waals surface area contributed by atoms with Crippen LogP contribution in [-0.4, -0.2) is 48.2 Å². The van der Waals surface area contributed by atoms with Crippen LogP contribution in [0.4, 0.5) is 0 Å². The minimum atomic E-state index is 0.0267. The first kappa shape index (κ1) is 14.4. The van der Waals surface area contributed by atoms with E-state index in [1.807, 2.05) is 19.2 Å². The number of methoxy groups -OCH3 is 1. The van der Waals surface area contributed by atoms with Crippen molar-refractivity contribution >= 4 is 5.84 Å². The minimum absolute atomic E-state index is 0.0267. The lowest BCUT2D eigenvalue weighted by Crippen LogP contribution is -2.21. The molecule has 0 amide bonds. The van der Waals surface area contributed by atoms with E-state index in [0.29, 0.717) is 5.69 Å². The van der Waals surface area contributed by atoms with Crippen molar-refractivity contribution in [3.8, 4) is 0 Å². The van der Waals surface area contributed by atoms with Gasteiger partial charge in [-0.25, -0.2) is 0 Å². The number of aromatic nitrogens is 1. The van der Waals surface area contributed by atoms with Gasteiger partial charge < -0.3 is 20.6 Å². The number of ether oxygens (including phenoxy) is 1. The van der Waals surface area contributed by atoms with Crippen molar-refractivity contribution in [2.75, 3.05) is 27.3 Å². The standard InChI is InChI=1S/C12H20N4O2/c1-16(6-3-7-18-2)9-10-4-5-14-11(8-10)12(13)15-17/h4-5,8,17H,3,6-7,9H2,1-2H3,(H2,13,15). The molecule has 18 heavy (non-hydrogen) atoms. The van der Waals surface area contributed by atoms with E-state index in [-0.39, 0.29) is 5.84 Å². The van der Waals surface area contributed by atoms with E-state index < -0.39 is 0 Å². The van der Waals surface area contributed by atoms with Gasteiger partial charge in [-0.3, -0.25) is 4.98 Å². The molecular weight excluding hydrogens is 232 g/mol. The number of oxime groups is 1. The van der Waals surface area contributed by atoms with Gasteiger partial charge in [-0.1, -0.05) is 5.16 Å². The summed E-state index contributed by atoms with van der Waals surface area (Å²) in [6.07, 6.45) is 2.65. The van der Waals surface area contributed by atoms with Gasteiger partial charge in [-0.05, 0) is 31.2 Å². The van der Waals surface area contributed by atoms with E-state index in [4.69, 9.17) is 15.7 Å². The van der Waals surface area contributed by atoms with Crippen molar-refractivity contribution in [3.63, 3.8) is 0 Å². The van der Waals surface area contributed by atoms with Crippen LogP contribution in [0.5, 0.6) is 0 Å². The summed E-state index contributed by atoms with van der Waals surface area (Å²) in [6, 6.07) is 3.74. The van der Waals surface area contributed by atoms with Crippen molar-refractivity contribution in [3.05, 3.63) is 29.6 Å². The maximum Gasteiger partial charge on any atom is 0.188 e. The van der Waals surface area contributed by atoms with Crippen LogP contribution in [0.1, 0.15) is 17.7 Å². The zero-order valence-corrected chi connectivity index (χ0v) is 10.8. The third-order valence-corrected chi connectivity index (χ3v) is 2.54. The van der Waals surface area contributed by atoms with E-state index in [0.717, 1.165) is 31.7 Å². The Hall–Kier alpha value is -1.66. The predicted molar refractivity (Wildman–Crippen MR) is 69.6 cm³/mol. The van der Waals surface area contributed by atoms with Crippen LogP contribution in [0.15, 0.2) is 23.5 Å². The lowest BCUT2D eigenvalue weighted by atomic mass is 10.2. The van der Waals surface area contributed by atoms with Crippen LogP contribution in [-0.2, 0) is 11.3 Å². The summed E-state index contributed by atoms with van der Waals surface area (Å²) in [6.45, 7) is 2.50. The predicted octanol–water partition coefficient (Wildman–Crippen LogP) is 0.644. The molecule has 6 heteroatoms. The molecule has 0 fully saturated rings. The number of hydrogen-bond acceptors (Lipinski definition) is 5. The molecular formula is C12H20N4O2. The molecule has 1 aromatic heterocycles. The molecule has 0 unspecified atom stereocenters. The number of pyridine rings is 1. The number of rotatable bonds is 7. The van der Waals surface area contributed by atoms with Gasteiger partial charge in [-0.15, -0.1) is 0 Å². The highest BCUT2D eigenvalue weighted by molar-refractivity contribution is 5.95. The summed E-state index contributed by atoms with van der Waals surface area (Å²) in [5.41, 5.74) is 7.06. The molecule has 0 saturated carbocycles. The first-order chi connectivity index (χ1) is 8.67. The quantitative estimate of drug-likeness (QED) is 0.245. The van der Waals surface area contributed by atoms with Crippen molar-refractivity contribution in [1.29, 1.82) is 0 Å². The van der Waals surface area contributed by atoms with Gasteiger partial charge in [0.1, 0.15) is 5.69 Å². The average Bonchev–Trinajstić information content (AvgIpc) is 2.38. The lowest BCUT2D eigenvalue weighted by molar-refractivity contribution is 0.178. The van der Waals surface area contributed by atoms with E-state index in [1.165, 1.54) is 0 Å². The number of nitrogens with two attached hydrogens (primary N) is 1.